The van der Waals surface area contributed by atoms with E-state index in [1.807, 2.05) is 30.3 Å². The summed E-state index contributed by atoms with van der Waals surface area (Å²) in [6.45, 7) is 1.74. The quantitative estimate of drug-likeness (QED) is 0.889. The average Bonchev–Trinajstić information content (AvgIpc) is 2.99. The summed E-state index contributed by atoms with van der Waals surface area (Å²) in [5.41, 5.74) is 0.882. The Morgan fingerprint density at radius 2 is 2.10 bits per heavy atom. The van der Waals surface area contributed by atoms with E-state index in [0.717, 1.165) is 5.56 Å². The minimum atomic E-state index is -0.711. The summed E-state index contributed by atoms with van der Waals surface area (Å²) in [5.74, 6) is -0.346. The van der Waals surface area contributed by atoms with Gasteiger partial charge in [0.25, 0.3) is 0 Å². The number of hydrogen-bond donors (Lipinski definition) is 2. The standard InChI is InChI=1S/C14H15N3O3S/c1-10(12(18)17-13-15-7-8-21-13)16-14(19)20-9-11-5-3-2-4-6-11/h2-8,10H,9H2,1H3,(H,16,19)(H,15,17,18). The zero-order valence-electron chi connectivity index (χ0n) is 11.4. The Labute approximate surface area is 126 Å². The molecule has 0 aliphatic carbocycles. The maximum Gasteiger partial charge on any atom is 0.408 e. The monoisotopic (exact) mass is 305 g/mol. The number of thiazole rings is 1. The van der Waals surface area contributed by atoms with E-state index in [-0.39, 0.29) is 12.5 Å². The Bertz CT molecular complexity index is 587. The first kappa shape index (κ1) is 15.0. The number of nitrogens with zero attached hydrogens (tertiary/aromatic N) is 1. The lowest BCUT2D eigenvalue weighted by atomic mass is 10.2. The second-order valence-electron chi connectivity index (χ2n) is 4.25. The molecule has 2 N–H and O–H groups in total. The molecular weight excluding hydrogens is 290 g/mol. The van der Waals surface area contributed by atoms with E-state index in [0.29, 0.717) is 5.13 Å². The van der Waals surface area contributed by atoms with Gasteiger partial charge in [-0.3, -0.25) is 4.79 Å². The SMILES string of the molecule is CC(NC(=O)OCc1ccccc1)C(=O)Nc1nccs1. The Balaban J connectivity index is 1.75. The summed E-state index contributed by atoms with van der Waals surface area (Å²) in [5, 5.41) is 7.31. The molecule has 0 saturated heterocycles. The molecule has 0 radical (unpaired) electrons. The van der Waals surface area contributed by atoms with Gasteiger partial charge in [0.2, 0.25) is 5.91 Å². The number of alkyl carbamates (subject to hydrolysis) is 1. The molecule has 1 atom stereocenters. The summed E-state index contributed by atoms with van der Waals surface area (Å²) >= 11 is 1.31. The summed E-state index contributed by atoms with van der Waals surface area (Å²) in [6, 6.07) is 8.60. The normalized spacial score (nSPS) is 11.5. The van der Waals surface area contributed by atoms with Crippen LogP contribution in [0, 0.1) is 0 Å². The van der Waals surface area contributed by atoms with Crippen molar-refractivity contribution in [2.24, 2.45) is 0 Å². The zero-order chi connectivity index (χ0) is 15.1. The van der Waals surface area contributed by atoms with E-state index in [9.17, 15) is 9.59 Å². The number of anilines is 1. The van der Waals surface area contributed by atoms with Crippen molar-refractivity contribution in [3.8, 4) is 0 Å². The van der Waals surface area contributed by atoms with Crippen LogP contribution in [0.2, 0.25) is 0 Å². The van der Waals surface area contributed by atoms with Crippen molar-refractivity contribution in [1.82, 2.24) is 10.3 Å². The van der Waals surface area contributed by atoms with E-state index in [1.54, 1.807) is 18.5 Å². The fourth-order valence-electron chi connectivity index (χ4n) is 1.51. The first-order valence-electron chi connectivity index (χ1n) is 6.32. The van der Waals surface area contributed by atoms with Crippen LogP contribution in [0.15, 0.2) is 41.9 Å². The zero-order valence-corrected chi connectivity index (χ0v) is 12.2. The van der Waals surface area contributed by atoms with Gasteiger partial charge in [-0.1, -0.05) is 30.3 Å². The summed E-state index contributed by atoms with van der Waals surface area (Å²) in [7, 11) is 0. The number of amides is 2. The molecule has 6 nitrogen and oxygen atoms in total. The smallest absolute Gasteiger partial charge is 0.408 e. The maximum absolute atomic E-state index is 11.8. The van der Waals surface area contributed by atoms with Crippen molar-refractivity contribution in [1.29, 1.82) is 0 Å². The molecule has 2 aromatic rings. The van der Waals surface area contributed by atoms with Gasteiger partial charge in [-0.15, -0.1) is 11.3 Å². The van der Waals surface area contributed by atoms with Crippen molar-refractivity contribution in [2.45, 2.75) is 19.6 Å². The van der Waals surface area contributed by atoms with Crippen molar-refractivity contribution in [2.75, 3.05) is 5.32 Å². The Hall–Kier alpha value is -2.41. The fraction of sp³-hybridized carbons (Fsp3) is 0.214. The Morgan fingerprint density at radius 1 is 1.33 bits per heavy atom. The van der Waals surface area contributed by atoms with Crippen molar-refractivity contribution < 1.29 is 14.3 Å². The van der Waals surface area contributed by atoms with Crippen LogP contribution in [0.1, 0.15) is 12.5 Å². The number of hydrogen-bond acceptors (Lipinski definition) is 5. The van der Waals surface area contributed by atoms with E-state index in [2.05, 4.69) is 15.6 Å². The number of benzene rings is 1. The molecule has 7 heteroatoms. The first-order chi connectivity index (χ1) is 10.1. The second kappa shape index (κ2) is 7.39. The molecule has 1 aromatic heterocycles. The maximum atomic E-state index is 11.8. The lowest BCUT2D eigenvalue weighted by molar-refractivity contribution is -0.117. The van der Waals surface area contributed by atoms with Crippen LogP contribution >= 0.6 is 11.3 Å². The highest BCUT2D eigenvalue weighted by Gasteiger charge is 2.17. The van der Waals surface area contributed by atoms with Gasteiger partial charge in [-0.25, -0.2) is 9.78 Å². The molecule has 0 aliphatic rings. The van der Waals surface area contributed by atoms with Crippen molar-refractivity contribution >= 4 is 28.5 Å². The summed E-state index contributed by atoms with van der Waals surface area (Å²) < 4.78 is 5.04. The van der Waals surface area contributed by atoms with E-state index in [4.69, 9.17) is 4.74 Å². The van der Waals surface area contributed by atoms with Gasteiger partial charge in [-0.05, 0) is 12.5 Å². The third-order valence-electron chi connectivity index (χ3n) is 2.60. The van der Waals surface area contributed by atoms with Crippen LogP contribution in [0.4, 0.5) is 9.93 Å². The molecule has 1 heterocycles. The van der Waals surface area contributed by atoms with E-state index >= 15 is 0 Å². The van der Waals surface area contributed by atoms with Gasteiger partial charge in [0, 0.05) is 11.6 Å². The van der Waals surface area contributed by atoms with Gasteiger partial charge < -0.3 is 15.4 Å². The molecule has 0 fully saturated rings. The molecule has 0 bridgehead atoms. The van der Waals surface area contributed by atoms with Crippen LogP contribution in [0.5, 0.6) is 0 Å². The highest BCUT2D eigenvalue weighted by Crippen LogP contribution is 2.10. The van der Waals surface area contributed by atoms with E-state index < -0.39 is 12.1 Å². The molecule has 0 aliphatic heterocycles. The molecule has 1 aromatic carbocycles. The predicted octanol–water partition coefficient (Wildman–Crippen LogP) is 2.40. The third kappa shape index (κ3) is 4.88. The number of aromatic nitrogens is 1. The van der Waals surface area contributed by atoms with Crippen LogP contribution in [0.3, 0.4) is 0 Å². The topological polar surface area (TPSA) is 80.3 Å². The number of rotatable bonds is 5. The van der Waals surface area contributed by atoms with Gasteiger partial charge in [-0.2, -0.15) is 0 Å². The van der Waals surface area contributed by atoms with Gasteiger partial charge >= 0.3 is 6.09 Å². The molecule has 2 rings (SSSR count). The second-order valence-corrected chi connectivity index (χ2v) is 5.15. The summed E-state index contributed by atoms with van der Waals surface area (Å²) in [6.07, 6.45) is 0.951. The average molecular weight is 305 g/mol. The van der Waals surface area contributed by atoms with E-state index in [1.165, 1.54) is 11.3 Å². The molecule has 110 valence electrons. The van der Waals surface area contributed by atoms with Gasteiger partial charge in [0.15, 0.2) is 5.13 Å². The van der Waals surface area contributed by atoms with Crippen LogP contribution < -0.4 is 10.6 Å². The summed E-state index contributed by atoms with van der Waals surface area (Å²) in [4.78, 5) is 27.3. The molecule has 0 spiro atoms. The number of nitrogens with one attached hydrogen (secondary N) is 2. The van der Waals surface area contributed by atoms with Gasteiger partial charge in [0.1, 0.15) is 12.6 Å². The highest BCUT2D eigenvalue weighted by atomic mass is 32.1. The predicted molar refractivity (Wildman–Crippen MR) is 80.0 cm³/mol. The fourth-order valence-corrected chi connectivity index (χ4v) is 2.04. The van der Waals surface area contributed by atoms with Crippen LogP contribution in [0.25, 0.3) is 0 Å². The molecule has 2 amide bonds. The van der Waals surface area contributed by atoms with Gasteiger partial charge in [0.05, 0.1) is 0 Å². The minimum Gasteiger partial charge on any atom is -0.445 e. The van der Waals surface area contributed by atoms with Crippen LogP contribution in [-0.4, -0.2) is 23.0 Å². The molecule has 0 saturated carbocycles. The first-order valence-corrected chi connectivity index (χ1v) is 7.20. The molecule has 21 heavy (non-hydrogen) atoms. The third-order valence-corrected chi connectivity index (χ3v) is 3.29. The van der Waals surface area contributed by atoms with Crippen LogP contribution in [-0.2, 0) is 16.1 Å². The lowest BCUT2D eigenvalue weighted by Crippen LogP contribution is -2.41. The Kier molecular flexibility index (Phi) is 5.28. The minimum absolute atomic E-state index is 0.160. The Morgan fingerprint density at radius 3 is 2.76 bits per heavy atom. The van der Waals surface area contributed by atoms with Crippen molar-refractivity contribution in [3.63, 3.8) is 0 Å². The largest absolute Gasteiger partial charge is 0.445 e. The number of ether oxygens (including phenoxy) is 1. The number of carbonyl (C=O) groups excluding carboxylic acids is 2. The lowest BCUT2D eigenvalue weighted by Gasteiger charge is -2.13. The molecule has 1 unspecified atom stereocenters. The van der Waals surface area contributed by atoms with Crippen molar-refractivity contribution in [3.05, 3.63) is 47.5 Å². The molecular formula is C14H15N3O3S. The number of carbonyl (C=O) groups is 2. The highest BCUT2D eigenvalue weighted by molar-refractivity contribution is 7.13.